The maximum atomic E-state index is 12.2. The summed E-state index contributed by atoms with van der Waals surface area (Å²) in [5.41, 5.74) is 0. The Hall–Kier alpha value is -0.570. The molecule has 0 aromatic heterocycles. The van der Waals surface area contributed by atoms with Crippen molar-refractivity contribution in [1.82, 2.24) is 10.2 Å². The van der Waals surface area contributed by atoms with Crippen LogP contribution in [0.2, 0.25) is 0 Å². The first-order chi connectivity index (χ1) is 7.07. The van der Waals surface area contributed by atoms with Crippen molar-refractivity contribution < 1.29 is 4.79 Å². The molecule has 88 valence electrons. The molecule has 15 heavy (non-hydrogen) atoms. The Bertz CT molecular complexity index is 218. The van der Waals surface area contributed by atoms with E-state index in [-0.39, 0.29) is 5.92 Å². The zero-order chi connectivity index (χ0) is 11.4. The van der Waals surface area contributed by atoms with Crippen LogP contribution in [0.1, 0.15) is 40.0 Å². The third kappa shape index (κ3) is 2.94. The molecule has 0 spiro atoms. The smallest absolute Gasteiger partial charge is 0.227 e. The highest BCUT2D eigenvalue weighted by molar-refractivity contribution is 5.79. The molecule has 0 aromatic carbocycles. The van der Waals surface area contributed by atoms with Gasteiger partial charge in [-0.3, -0.25) is 4.79 Å². The molecule has 0 radical (unpaired) electrons. The van der Waals surface area contributed by atoms with E-state index < -0.39 is 0 Å². The van der Waals surface area contributed by atoms with Crippen molar-refractivity contribution in [2.24, 2.45) is 5.92 Å². The summed E-state index contributed by atoms with van der Waals surface area (Å²) >= 11 is 0. The molecule has 0 aromatic rings. The van der Waals surface area contributed by atoms with Crippen molar-refractivity contribution >= 4 is 5.91 Å². The molecule has 1 amide bonds. The van der Waals surface area contributed by atoms with Crippen LogP contribution < -0.4 is 5.32 Å². The van der Waals surface area contributed by atoms with Crippen LogP contribution in [0, 0.1) is 5.92 Å². The molecule has 0 bridgehead atoms. The van der Waals surface area contributed by atoms with Crippen LogP contribution in [-0.2, 0) is 4.79 Å². The standard InChI is InChI=1S/C12H24N2O/c1-5-9(2)14(4)12(15)11-7-6-8-13-10(11)3/h9-11,13H,5-8H2,1-4H3. The van der Waals surface area contributed by atoms with E-state index in [1.807, 2.05) is 11.9 Å². The van der Waals surface area contributed by atoms with E-state index in [4.69, 9.17) is 0 Å². The molecular formula is C12H24N2O. The molecule has 1 aliphatic rings. The lowest BCUT2D eigenvalue weighted by atomic mass is 9.90. The van der Waals surface area contributed by atoms with Gasteiger partial charge in [-0.05, 0) is 39.7 Å². The van der Waals surface area contributed by atoms with Gasteiger partial charge in [0.2, 0.25) is 5.91 Å². The third-order valence-corrected chi connectivity index (χ3v) is 3.68. The van der Waals surface area contributed by atoms with Gasteiger partial charge in [0.25, 0.3) is 0 Å². The van der Waals surface area contributed by atoms with E-state index in [9.17, 15) is 4.79 Å². The van der Waals surface area contributed by atoms with Crippen molar-refractivity contribution in [2.75, 3.05) is 13.6 Å². The molecule has 1 aliphatic heterocycles. The average molecular weight is 212 g/mol. The van der Waals surface area contributed by atoms with Crippen LogP contribution >= 0.6 is 0 Å². The fraction of sp³-hybridized carbons (Fsp3) is 0.917. The topological polar surface area (TPSA) is 32.3 Å². The fourth-order valence-corrected chi connectivity index (χ4v) is 2.13. The predicted molar refractivity (Wildman–Crippen MR) is 62.7 cm³/mol. The molecule has 3 nitrogen and oxygen atoms in total. The first-order valence-electron chi connectivity index (χ1n) is 6.08. The maximum absolute atomic E-state index is 12.2. The molecule has 0 saturated carbocycles. The number of hydrogen-bond acceptors (Lipinski definition) is 2. The summed E-state index contributed by atoms with van der Waals surface area (Å²) in [5.74, 6) is 0.488. The predicted octanol–water partition coefficient (Wildman–Crippen LogP) is 1.63. The number of nitrogens with one attached hydrogen (secondary N) is 1. The largest absolute Gasteiger partial charge is 0.343 e. The second kappa shape index (κ2) is 5.50. The highest BCUT2D eigenvalue weighted by atomic mass is 16.2. The Morgan fingerprint density at radius 3 is 2.80 bits per heavy atom. The summed E-state index contributed by atoms with van der Waals surface area (Å²) in [5, 5.41) is 3.38. The van der Waals surface area contributed by atoms with Crippen LogP contribution in [0.15, 0.2) is 0 Å². The van der Waals surface area contributed by atoms with E-state index in [0.29, 0.717) is 18.0 Å². The average Bonchev–Trinajstić information content (AvgIpc) is 2.26. The summed E-state index contributed by atoms with van der Waals surface area (Å²) in [6.45, 7) is 7.40. The zero-order valence-corrected chi connectivity index (χ0v) is 10.4. The number of hydrogen-bond donors (Lipinski definition) is 1. The molecule has 1 rings (SSSR count). The summed E-state index contributed by atoms with van der Waals surface area (Å²) < 4.78 is 0. The van der Waals surface area contributed by atoms with E-state index in [1.165, 1.54) is 0 Å². The van der Waals surface area contributed by atoms with Crippen molar-refractivity contribution in [2.45, 2.75) is 52.1 Å². The lowest BCUT2D eigenvalue weighted by Gasteiger charge is -2.34. The number of rotatable bonds is 3. The molecule has 3 unspecified atom stereocenters. The van der Waals surface area contributed by atoms with Gasteiger partial charge in [0, 0.05) is 19.1 Å². The Labute approximate surface area is 93.2 Å². The molecule has 1 fully saturated rings. The minimum Gasteiger partial charge on any atom is -0.343 e. The van der Waals surface area contributed by atoms with E-state index >= 15 is 0 Å². The fourth-order valence-electron chi connectivity index (χ4n) is 2.13. The van der Waals surface area contributed by atoms with E-state index in [2.05, 4.69) is 26.1 Å². The van der Waals surface area contributed by atoms with Gasteiger partial charge in [-0.15, -0.1) is 0 Å². The number of piperidine rings is 1. The van der Waals surface area contributed by atoms with Gasteiger partial charge in [0.15, 0.2) is 0 Å². The Morgan fingerprint density at radius 1 is 1.60 bits per heavy atom. The molecule has 1 heterocycles. The van der Waals surface area contributed by atoms with Gasteiger partial charge in [-0.25, -0.2) is 0 Å². The second-order valence-electron chi connectivity index (χ2n) is 4.70. The molecular weight excluding hydrogens is 188 g/mol. The second-order valence-corrected chi connectivity index (χ2v) is 4.70. The zero-order valence-electron chi connectivity index (χ0n) is 10.4. The molecule has 0 aliphatic carbocycles. The van der Waals surface area contributed by atoms with Gasteiger partial charge < -0.3 is 10.2 Å². The highest BCUT2D eigenvalue weighted by Crippen LogP contribution is 2.19. The monoisotopic (exact) mass is 212 g/mol. The maximum Gasteiger partial charge on any atom is 0.227 e. The minimum absolute atomic E-state index is 0.178. The summed E-state index contributed by atoms with van der Waals surface area (Å²) in [6, 6.07) is 0.685. The molecule has 1 N–H and O–H groups in total. The SMILES string of the molecule is CCC(C)N(C)C(=O)C1CCCNC1C. The number of carbonyl (C=O) groups is 1. The van der Waals surface area contributed by atoms with Crippen LogP contribution in [0.3, 0.4) is 0 Å². The van der Waals surface area contributed by atoms with Crippen LogP contribution in [-0.4, -0.2) is 36.5 Å². The van der Waals surface area contributed by atoms with Gasteiger partial charge in [0.05, 0.1) is 5.92 Å². The summed E-state index contributed by atoms with van der Waals surface area (Å²) in [7, 11) is 1.93. The normalized spacial score (nSPS) is 28.5. The van der Waals surface area contributed by atoms with Gasteiger partial charge in [-0.2, -0.15) is 0 Å². The Kier molecular flexibility index (Phi) is 4.58. The lowest BCUT2D eigenvalue weighted by molar-refractivity contribution is -0.137. The Balaban J connectivity index is 2.57. The highest BCUT2D eigenvalue weighted by Gasteiger charge is 2.30. The van der Waals surface area contributed by atoms with E-state index in [1.54, 1.807) is 0 Å². The summed E-state index contributed by atoms with van der Waals surface area (Å²) in [6.07, 6.45) is 3.18. The quantitative estimate of drug-likeness (QED) is 0.771. The third-order valence-electron chi connectivity index (χ3n) is 3.68. The molecule has 3 heteroatoms. The lowest BCUT2D eigenvalue weighted by Crippen LogP contribution is -2.49. The van der Waals surface area contributed by atoms with Crippen molar-refractivity contribution in [1.29, 1.82) is 0 Å². The first-order valence-corrected chi connectivity index (χ1v) is 6.08. The first kappa shape index (κ1) is 12.5. The summed E-state index contributed by atoms with van der Waals surface area (Å²) in [4.78, 5) is 14.1. The molecule has 1 saturated heterocycles. The minimum atomic E-state index is 0.178. The van der Waals surface area contributed by atoms with Crippen LogP contribution in [0.4, 0.5) is 0 Å². The van der Waals surface area contributed by atoms with Crippen molar-refractivity contribution in [3.8, 4) is 0 Å². The van der Waals surface area contributed by atoms with Gasteiger partial charge in [-0.1, -0.05) is 6.92 Å². The Morgan fingerprint density at radius 2 is 2.27 bits per heavy atom. The van der Waals surface area contributed by atoms with Crippen molar-refractivity contribution in [3.05, 3.63) is 0 Å². The van der Waals surface area contributed by atoms with Crippen LogP contribution in [0.25, 0.3) is 0 Å². The van der Waals surface area contributed by atoms with E-state index in [0.717, 1.165) is 25.8 Å². The van der Waals surface area contributed by atoms with Gasteiger partial charge in [0.1, 0.15) is 0 Å². The molecule has 3 atom stereocenters. The van der Waals surface area contributed by atoms with Crippen LogP contribution in [0.5, 0.6) is 0 Å². The number of nitrogens with zero attached hydrogens (tertiary/aromatic N) is 1. The number of carbonyl (C=O) groups excluding carboxylic acids is 1. The van der Waals surface area contributed by atoms with Crippen molar-refractivity contribution in [3.63, 3.8) is 0 Å². The van der Waals surface area contributed by atoms with Gasteiger partial charge >= 0.3 is 0 Å². The number of amides is 1.